The summed E-state index contributed by atoms with van der Waals surface area (Å²) in [7, 11) is 0. The van der Waals surface area contributed by atoms with E-state index in [1.807, 2.05) is 18.2 Å². The smallest absolute Gasteiger partial charge is 0.270 e. The SMILES string of the molecule is Cc1nc(NCCCc2ccccc2)cc(C(=O)NCc2ccc(F)cc2)n1. The van der Waals surface area contributed by atoms with Gasteiger partial charge in [0.05, 0.1) is 0 Å². The van der Waals surface area contributed by atoms with Crippen LogP contribution in [0.25, 0.3) is 0 Å². The molecule has 0 aliphatic carbocycles. The van der Waals surface area contributed by atoms with Crippen LogP contribution in [0.4, 0.5) is 10.2 Å². The summed E-state index contributed by atoms with van der Waals surface area (Å²) in [6.45, 7) is 2.82. The molecule has 0 bridgehead atoms. The van der Waals surface area contributed by atoms with Crippen LogP contribution in [0.1, 0.15) is 33.9 Å². The molecule has 0 aliphatic rings. The van der Waals surface area contributed by atoms with Crippen molar-refractivity contribution in [2.24, 2.45) is 0 Å². The van der Waals surface area contributed by atoms with Crippen LogP contribution in [0.3, 0.4) is 0 Å². The van der Waals surface area contributed by atoms with Crippen molar-refractivity contribution in [3.63, 3.8) is 0 Å². The predicted octanol–water partition coefficient (Wildman–Crippen LogP) is 3.90. The second-order valence-electron chi connectivity index (χ2n) is 6.51. The monoisotopic (exact) mass is 378 g/mol. The van der Waals surface area contributed by atoms with E-state index in [0.29, 0.717) is 23.9 Å². The van der Waals surface area contributed by atoms with Gasteiger partial charge in [-0.15, -0.1) is 0 Å². The van der Waals surface area contributed by atoms with Gasteiger partial charge in [0.25, 0.3) is 5.91 Å². The van der Waals surface area contributed by atoms with E-state index in [4.69, 9.17) is 0 Å². The quantitative estimate of drug-likeness (QED) is 0.584. The van der Waals surface area contributed by atoms with Crippen LogP contribution >= 0.6 is 0 Å². The summed E-state index contributed by atoms with van der Waals surface area (Å²) in [6, 6.07) is 18.0. The third kappa shape index (κ3) is 5.87. The fourth-order valence-electron chi connectivity index (χ4n) is 2.80. The number of hydrogen-bond donors (Lipinski definition) is 2. The minimum Gasteiger partial charge on any atom is -0.370 e. The highest BCUT2D eigenvalue weighted by Crippen LogP contribution is 2.09. The van der Waals surface area contributed by atoms with Crippen molar-refractivity contribution < 1.29 is 9.18 Å². The molecule has 0 radical (unpaired) electrons. The van der Waals surface area contributed by atoms with E-state index in [1.54, 1.807) is 25.1 Å². The summed E-state index contributed by atoms with van der Waals surface area (Å²) in [5.41, 5.74) is 2.42. The van der Waals surface area contributed by atoms with Gasteiger partial charge in [0, 0.05) is 19.2 Å². The van der Waals surface area contributed by atoms with Gasteiger partial charge in [-0.2, -0.15) is 0 Å². The molecule has 2 N–H and O–H groups in total. The number of hydrogen-bond acceptors (Lipinski definition) is 4. The Balaban J connectivity index is 1.53. The number of carbonyl (C=O) groups excluding carboxylic acids is 1. The fraction of sp³-hybridized carbons (Fsp3) is 0.227. The van der Waals surface area contributed by atoms with Gasteiger partial charge in [0.15, 0.2) is 0 Å². The maximum Gasteiger partial charge on any atom is 0.270 e. The number of nitrogens with one attached hydrogen (secondary N) is 2. The van der Waals surface area contributed by atoms with Crippen LogP contribution in [-0.4, -0.2) is 22.4 Å². The molecule has 3 rings (SSSR count). The van der Waals surface area contributed by atoms with E-state index < -0.39 is 0 Å². The molecule has 28 heavy (non-hydrogen) atoms. The minimum atomic E-state index is -0.301. The van der Waals surface area contributed by atoms with Gasteiger partial charge in [0.2, 0.25) is 0 Å². The summed E-state index contributed by atoms with van der Waals surface area (Å²) in [6.07, 6.45) is 1.93. The zero-order valence-corrected chi connectivity index (χ0v) is 15.8. The zero-order valence-electron chi connectivity index (χ0n) is 15.8. The topological polar surface area (TPSA) is 66.9 Å². The van der Waals surface area contributed by atoms with Crippen molar-refractivity contribution in [3.8, 4) is 0 Å². The van der Waals surface area contributed by atoms with Crippen LogP contribution in [0, 0.1) is 12.7 Å². The van der Waals surface area contributed by atoms with E-state index >= 15 is 0 Å². The van der Waals surface area contributed by atoms with Crippen molar-refractivity contribution in [2.45, 2.75) is 26.3 Å². The molecule has 0 fully saturated rings. The molecule has 2 aromatic carbocycles. The molecule has 0 saturated heterocycles. The molecule has 0 spiro atoms. The molecule has 0 unspecified atom stereocenters. The number of amides is 1. The molecule has 1 heterocycles. The summed E-state index contributed by atoms with van der Waals surface area (Å²) in [5, 5.41) is 6.06. The number of nitrogens with zero attached hydrogens (tertiary/aromatic N) is 2. The van der Waals surface area contributed by atoms with E-state index in [2.05, 4.69) is 32.7 Å². The van der Waals surface area contributed by atoms with Crippen LogP contribution in [-0.2, 0) is 13.0 Å². The molecule has 1 aromatic heterocycles. The number of aromatic nitrogens is 2. The molecule has 6 heteroatoms. The summed E-state index contributed by atoms with van der Waals surface area (Å²) in [4.78, 5) is 21.0. The van der Waals surface area contributed by atoms with E-state index in [9.17, 15) is 9.18 Å². The van der Waals surface area contributed by atoms with Gasteiger partial charge in [0.1, 0.15) is 23.2 Å². The molecular formula is C22H23FN4O. The Kier molecular flexibility index (Phi) is 6.68. The Hall–Kier alpha value is -3.28. The Morgan fingerprint density at radius 3 is 2.50 bits per heavy atom. The third-order valence-corrected chi connectivity index (χ3v) is 4.23. The first kappa shape index (κ1) is 19.5. The standard InChI is InChI=1S/C22H23FN4O/c1-16-26-20(22(28)25-15-18-9-11-19(23)12-10-18)14-21(27-16)24-13-5-8-17-6-3-2-4-7-17/h2-4,6-7,9-12,14H,5,8,13,15H2,1H3,(H,25,28)(H,24,26,27). The molecule has 3 aromatic rings. The third-order valence-electron chi connectivity index (χ3n) is 4.23. The maximum atomic E-state index is 13.0. The number of rotatable bonds is 8. The Morgan fingerprint density at radius 1 is 1.00 bits per heavy atom. The molecule has 1 amide bonds. The molecule has 0 saturated carbocycles. The van der Waals surface area contributed by atoms with Gasteiger partial charge in [-0.25, -0.2) is 14.4 Å². The first-order valence-corrected chi connectivity index (χ1v) is 9.26. The molecule has 5 nitrogen and oxygen atoms in total. The van der Waals surface area contributed by atoms with Crippen LogP contribution in [0.5, 0.6) is 0 Å². The minimum absolute atomic E-state index is 0.290. The largest absolute Gasteiger partial charge is 0.370 e. The molecule has 144 valence electrons. The van der Waals surface area contributed by atoms with Crippen molar-refractivity contribution in [1.82, 2.24) is 15.3 Å². The highest BCUT2D eigenvalue weighted by molar-refractivity contribution is 5.92. The first-order chi connectivity index (χ1) is 13.6. The Labute approximate surface area is 164 Å². The van der Waals surface area contributed by atoms with Crippen molar-refractivity contribution in [2.75, 3.05) is 11.9 Å². The zero-order chi connectivity index (χ0) is 19.8. The summed E-state index contributed by atoms with van der Waals surface area (Å²) < 4.78 is 13.0. The molecular weight excluding hydrogens is 355 g/mol. The molecule has 0 aliphatic heterocycles. The van der Waals surface area contributed by atoms with E-state index in [0.717, 1.165) is 24.9 Å². The van der Waals surface area contributed by atoms with Crippen LogP contribution in [0.15, 0.2) is 60.7 Å². The van der Waals surface area contributed by atoms with Gasteiger partial charge in [-0.3, -0.25) is 4.79 Å². The van der Waals surface area contributed by atoms with Crippen LogP contribution in [0.2, 0.25) is 0 Å². The number of aryl methyl sites for hydroxylation is 2. The van der Waals surface area contributed by atoms with Crippen molar-refractivity contribution in [1.29, 1.82) is 0 Å². The van der Waals surface area contributed by atoms with Crippen molar-refractivity contribution in [3.05, 3.63) is 89.1 Å². The van der Waals surface area contributed by atoms with Crippen molar-refractivity contribution >= 4 is 11.7 Å². The number of anilines is 1. The van der Waals surface area contributed by atoms with E-state index in [1.165, 1.54) is 17.7 Å². The lowest BCUT2D eigenvalue weighted by molar-refractivity contribution is 0.0945. The van der Waals surface area contributed by atoms with Gasteiger partial charge in [-0.1, -0.05) is 42.5 Å². The lowest BCUT2D eigenvalue weighted by Crippen LogP contribution is -2.24. The van der Waals surface area contributed by atoms with Gasteiger partial charge < -0.3 is 10.6 Å². The van der Waals surface area contributed by atoms with Gasteiger partial charge in [-0.05, 0) is 43.0 Å². The Morgan fingerprint density at radius 2 is 1.75 bits per heavy atom. The number of halogens is 1. The highest BCUT2D eigenvalue weighted by atomic mass is 19.1. The average Bonchev–Trinajstić information content (AvgIpc) is 2.71. The predicted molar refractivity (Wildman–Crippen MR) is 108 cm³/mol. The summed E-state index contributed by atoms with van der Waals surface area (Å²) >= 11 is 0. The highest BCUT2D eigenvalue weighted by Gasteiger charge is 2.10. The lowest BCUT2D eigenvalue weighted by Gasteiger charge is -2.09. The van der Waals surface area contributed by atoms with E-state index in [-0.39, 0.29) is 11.7 Å². The molecule has 0 atom stereocenters. The second-order valence-corrected chi connectivity index (χ2v) is 6.51. The summed E-state index contributed by atoms with van der Waals surface area (Å²) in [5.74, 6) is 0.569. The van der Waals surface area contributed by atoms with Gasteiger partial charge >= 0.3 is 0 Å². The second kappa shape index (κ2) is 9.60. The maximum absolute atomic E-state index is 13.0. The Bertz CT molecular complexity index is 914. The number of benzene rings is 2. The first-order valence-electron chi connectivity index (χ1n) is 9.26. The van der Waals surface area contributed by atoms with Crippen LogP contribution < -0.4 is 10.6 Å². The lowest BCUT2D eigenvalue weighted by atomic mass is 10.1. The average molecular weight is 378 g/mol. The number of carbonyl (C=O) groups is 1. The fourth-order valence-corrected chi connectivity index (χ4v) is 2.80. The normalized spacial score (nSPS) is 10.5.